The maximum atomic E-state index is 11.1. The van der Waals surface area contributed by atoms with Crippen molar-refractivity contribution in [1.29, 1.82) is 0 Å². The predicted molar refractivity (Wildman–Crippen MR) is 58.9 cm³/mol. The Kier molecular flexibility index (Phi) is 2.21. The number of carboxylic acid groups (broad SMARTS) is 1. The fourth-order valence-corrected chi connectivity index (χ4v) is 3.00. The summed E-state index contributed by atoms with van der Waals surface area (Å²) in [7, 11) is 0. The van der Waals surface area contributed by atoms with Crippen molar-refractivity contribution in [3.8, 4) is 0 Å². The lowest BCUT2D eigenvalue weighted by Crippen LogP contribution is -2.28. The van der Waals surface area contributed by atoms with Gasteiger partial charge in [0.2, 0.25) is 0 Å². The van der Waals surface area contributed by atoms with E-state index in [1.807, 2.05) is 24.3 Å². The molecule has 0 saturated carbocycles. The van der Waals surface area contributed by atoms with Gasteiger partial charge in [-0.1, -0.05) is 30.4 Å². The molecule has 0 spiro atoms. The minimum atomic E-state index is -0.832. The van der Waals surface area contributed by atoms with Gasteiger partial charge in [-0.15, -0.1) is 0 Å². The number of aliphatic carboxylic acids is 1. The highest BCUT2D eigenvalue weighted by atomic mass is 16.5. The average molecular weight is 218 g/mol. The summed E-state index contributed by atoms with van der Waals surface area (Å²) in [6.07, 6.45) is 11.7. The lowest BCUT2D eigenvalue weighted by atomic mass is 9.77. The van der Waals surface area contributed by atoms with E-state index in [4.69, 9.17) is 9.84 Å². The SMILES string of the molecule is O=C(O)C1=CCCC2C1OC1C=CC=CC12. The Bertz CT molecular complexity index is 405. The lowest BCUT2D eigenvalue weighted by molar-refractivity contribution is -0.134. The van der Waals surface area contributed by atoms with Crippen LogP contribution in [0.4, 0.5) is 0 Å². The molecule has 4 atom stereocenters. The van der Waals surface area contributed by atoms with E-state index in [-0.39, 0.29) is 12.2 Å². The third-order valence-corrected chi connectivity index (χ3v) is 3.73. The zero-order chi connectivity index (χ0) is 11.1. The molecule has 0 aromatic rings. The van der Waals surface area contributed by atoms with Crippen molar-refractivity contribution < 1.29 is 14.6 Å². The Morgan fingerprint density at radius 2 is 2.19 bits per heavy atom. The molecule has 1 saturated heterocycles. The van der Waals surface area contributed by atoms with Gasteiger partial charge >= 0.3 is 5.97 Å². The van der Waals surface area contributed by atoms with E-state index < -0.39 is 5.97 Å². The van der Waals surface area contributed by atoms with Crippen LogP contribution in [0.3, 0.4) is 0 Å². The molecule has 16 heavy (non-hydrogen) atoms. The Balaban J connectivity index is 1.92. The second-order valence-electron chi connectivity index (χ2n) is 4.57. The fourth-order valence-electron chi connectivity index (χ4n) is 3.00. The average Bonchev–Trinajstić information content (AvgIpc) is 2.67. The van der Waals surface area contributed by atoms with E-state index in [0.717, 1.165) is 12.8 Å². The maximum Gasteiger partial charge on any atom is 0.333 e. The number of carboxylic acids is 1. The smallest absolute Gasteiger partial charge is 0.333 e. The normalized spacial score (nSPS) is 40.1. The van der Waals surface area contributed by atoms with Crippen molar-refractivity contribution in [3.05, 3.63) is 36.0 Å². The third-order valence-electron chi connectivity index (χ3n) is 3.73. The fraction of sp³-hybridized carbons (Fsp3) is 0.462. The van der Waals surface area contributed by atoms with E-state index in [2.05, 4.69) is 6.08 Å². The van der Waals surface area contributed by atoms with E-state index >= 15 is 0 Å². The van der Waals surface area contributed by atoms with Crippen LogP contribution in [-0.2, 0) is 9.53 Å². The van der Waals surface area contributed by atoms with Gasteiger partial charge in [0.1, 0.15) is 0 Å². The molecule has 1 heterocycles. The summed E-state index contributed by atoms with van der Waals surface area (Å²) < 4.78 is 5.86. The van der Waals surface area contributed by atoms with Gasteiger partial charge in [0.15, 0.2) is 0 Å². The standard InChI is InChI=1S/C13H14O3/c14-13(15)10-6-3-5-9-8-4-1-2-7-11(8)16-12(9)10/h1-2,4,6-9,11-12H,3,5H2,(H,14,15). The number of hydrogen-bond donors (Lipinski definition) is 1. The van der Waals surface area contributed by atoms with Crippen LogP contribution in [0.1, 0.15) is 12.8 Å². The van der Waals surface area contributed by atoms with Crippen LogP contribution >= 0.6 is 0 Å². The van der Waals surface area contributed by atoms with Gasteiger partial charge < -0.3 is 9.84 Å². The van der Waals surface area contributed by atoms with E-state index in [9.17, 15) is 4.79 Å². The van der Waals surface area contributed by atoms with Crippen LogP contribution in [0.15, 0.2) is 36.0 Å². The van der Waals surface area contributed by atoms with Gasteiger partial charge in [-0.2, -0.15) is 0 Å². The molecule has 1 fully saturated rings. The van der Waals surface area contributed by atoms with Crippen LogP contribution in [0, 0.1) is 11.8 Å². The minimum Gasteiger partial charge on any atom is -0.478 e. The summed E-state index contributed by atoms with van der Waals surface area (Å²) in [5, 5.41) is 9.13. The Labute approximate surface area is 94.1 Å². The molecule has 0 bridgehead atoms. The highest BCUT2D eigenvalue weighted by molar-refractivity contribution is 5.88. The van der Waals surface area contributed by atoms with Crippen molar-refractivity contribution in [1.82, 2.24) is 0 Å². The first-order valence-corrected chi connectivity index (χ1v) is 5.71. The molecule has 0 radical (unpaired) electrons. The second-order valence-corrected chi connectivity index (χ2v) is 4.57. The van der Waals surface area contributed by atoms with Crippen LogP contribution in [-0.4, -0.2) is 23.3 Å². The summed E-state index contributed by atoms with van der Waals surface area (Å²) in [5.41, 5.74) is 0.451. The molecule has 1 aliphatic heterocycles. The highest BCUT2D eigenvalue weighted by Crippen LogP contribution is 2.44. The van der Waals surface area contributed by atoms with Crippen LogP contribution in [0.2, 0.25) is 0 Å². The molecule has 84 valence electrons. The van der Waals surface area contributed by atoms with E-state index in [0.29, 0.717) is 17.4 Å². The highest BCUT2D eigenvalue weighted by Gasteiger charge is 2.46. The Morgan fingerprint density at radius 3 is 3.00 bits per heavy atom. The zero-order valence-corrected chi connectivity index (χ0v) is 8.87. The first kappa shape index (κ1) is 9.85. The summed E-state index contributed by atoms with van der Waals surface area (Å²) in [4.78, 5) is 11.1. The molecule has 4 unspecified atom stereocenters. The van der Waals surface area contributed by atoms with E-state index in [1.54, 1.807) is 0 Å². The van der Waals surface area contributed by atoms with Gasteiger partial charge in [-0.05, 0) is 18.8 Å². The number of carbonyl (C=O) groups is 1. The molecular weight excluding hydrogens is 204 g/mol. The molecular formula is C13H14O3. The second kappa shape index (κ2) is 3.59. The predicted octanol–water partition coefficient (Wildman–Crippen LogP) is 1.92. The van der Waals surface area contributed by atoms with Gasteiger partial charge in [-0.3, -0.25) is 0 Å². The van der Waals surface area contributed by atoms with Crippen LogP contribution in [0.25, 0.3) is 0 Å². The molecule has 0 aromatic carbocycles. The monoisotopic (exact) mass is 218 g/mol. The first-order chi connectivity index (χ1) is 7.77. The van der Waals surface area contributed by atoms with Gasteiger partial charge in [0.05, 0.1) is 17.8 Å². The Hall–Kier alpha value is -1.35. The lowest BCUT2D eigenvalue weighted by Gasteiger charge is -2.25. The van der Waals surface area contributed by atoms with Crippen molar-refractivity contribution in [2.24, 2.45) is 11.8 Å². The molecule has 3 nitrogen and oxygen atoms in total. The number of hydrogen-bond acceptors (Lipinski definition) is 2. The summed E-state index contributed by atoms with van der Waals surface area (Å²) >= 11 is 0. The van der Waals surface area contributed by atoms with Crippen molar-refractivity contribution in [3.63, 3.8) is 0 Å². The quantitative estimate of drug-likeness (QED) is 0.731. The van der Waals surface area contributed by atoms with E-state index in [1.165, 1.54) is 0 Å². The number of rotatable bonds is 1. The number of allylic oxidation sites excluding steroid dienone is 3. The Morgan fingerprint density at radius 1 is 1.38 bits per heavy atom. The van der Waals surface area contributed by atoms with Crippen molar-refractivity contribution >= 4 is 5.97 Å². The van der Waals surface area contributed by atoms with Gasteiger partial charge in [0.25, 0.3) is 0 Å². The van der Waals surface area contributed by atoms with Crippen LogP contribution < -0.4 is 0 Å². The molecule has 0 amide bonds. The third kappa shape index (κ3) is 1.35. The largest absolute Gasteiger partial charge is 0.478 e. The van der Waals surface area contributed by atoms with Crippen LogP contribution in [0.5, 0.6) is 0 Å². The molecule has 2 aliphatic carbocycles. The molecule has 3 heteroatoms. The van der Waals surface area contributed by atoms with Gasteiger partial charge in [-0.25, -0.2) is 4.79 Å². The summed E-state index contributed by atoms with van der Waals surface area (Å²) in [5.74, 6) is -0.137. The topological polar surface area (TPSA) is 46.5 Å². The maximum absolute atomic E-state index is 11.1. The number of ether oxygens (including phenoxy) is 1. The van der Waals surface area contributed by atoms with Gasteiger partial charge in [0, 0.05) is 5.92 Å². The molecule has 1 N–H and O–H groups in total. The summed E-state index contributed by atoms with van der Waals surface area (Å²) in [6, 6.07) is 0. The minimum absolute atomic E-state index is 0.0702. The molecule has 3 aliphatic rings. The van der Waals surface area contributed by atoms with Crippen molar-refractivity contribution in [2.75, 3.05) is 0 Å². The molecule has 3 rings (SSSR count). The molecule has 0 aromatic heterocycles. The van der Waals surface area contributed by atoms with Crippen molar-refractivity contribution in [2.45, 2.75) is 25.0 Å². The first-order valence-electron chi connectivity index (χ1n) is 5.71. The summed E-state index contributed by atoms with van der Waals surface area (Å²) in [6.45, 7) is 0. The number of fused-ring (bicyclic) bond motifs is 3. The zero-order valence-electron chi connectivity index (χ0n) is 8.87.